The minimum absolute atomic E-state index is 0.179. The minimum Gasteiger partial charge on any atom is -0.497 e. The van der Waals surface area contributed by atoms with E-state index < -0.39 is 0 Å². The van der Waals surface area contributed by atoms with E-state index in [1.54, 1.807) is 19.2 Å². The smallest absolute Gasteiger partial charge is 0.277 e. The topological polar surface area (TPSA) is 68.3 Å². The number of rotatable bonds is 7. The van der Waals surface area contributed by atoms with E-state index >= 15 is 0 Å². The first-order valence-electron chi connectivity index (χ1n) is 10.8. The van der Waals surface area contributed by atoms with Crippen molar-refractivity contribution < 1.29 is 23.8 Å². The lowest BCUT2D eigenvalue weighted by Gasteiger charge is -2.29. The molecule has 32 heavy (non-hydrogen) atoms. The van der Waals surface area contributed by atoms with Gasteiger partial charge < -0.3 is 19.1 Å². The maximum Gasteiger partial charge on any atom is 0.277 e. The summed E-state index contributed by atoms with van der Waals surface area (Å²) >= 11 is 0. The molecular formula is C25H28N2O5. The first-order valence-corrected chi connectivity index (χ1v) is 10.8. The largest absolute Gasteiger partial charge is 0.497 e. The normalized spacial score (nSPS) is 16.7. The van der Waals surface area contributed by atoms with Crippen molar-refractivity contribution in [1.82, 2.24) is 9.80 Å². The maximum absolute atomic E-state index is 13.4. The summed E-state index contributed by atoms with van der Waals surface area (Å²) in [5.41, 5.74) is 3.77. The number of ether oxygens (including phenoxy) is 3. The summed E-state index contributed by atoms with van der Waals surface area (Å²) in [6, 6.07) is 13.2. The number of carbonyl (C=O) groups is 2. The van der Waals surface area contributed by atoms with Gasteiger partial charge in [0.15, 0.2) is 0 Å². The van der Waals surface area contributed by atoms with E-state index in [9.17, 15) is 9.59 Å². The fourth-order valence-corrected chi connectivity index (χ4v) is 4.14. The van der Waals surface area contributed by atoms with Crippen molar-refractivity contribution in [3.63, 3.8) is 0 Å². The third-order valence-electron chi connectivity index (χ3n) is 5.63. The van der Waals surface area contributed by atoms with Gasteiger partial charge in [-0.15, -0.1) is 0 Å². The van der Waals surface area contributed by atoms with Crippen LogP contribution in [0.4, 0.5) is 0 Å². The van der Waals surface area contributed by atoms with Crippen molar-refractivity contribution in [3.8, 4) is 11.5 Å². The average molecular weight is 437 g/mol. The molecule has 2 aromatic carbocycles. The molecule has 0 atom stereocenters. The summed E-state index contributed by atoms with van der Waals surface area (Å²) in [6.45, 7) is 6.61. The lowest BCUT2D eigenvalue weighted by atomic mass is 10.0. The van der Waals surface area contributed by atoms with Crippen LogP contribution in [0.2, 0.25) is 0 Å². The van der Waals surface area contributed by atoms with Gasteiger partial charge in [0.05, 0.1) is 32.4 Å². The third-order valence-corrected chi connectivity index (χ3v) is 5.63. The van der Waals surface area contributed by atoms with Crippen LogP contribution in [0.15, 0.2) is 48.2 Å². The summed E-state index contributed by atoms with van der Waals surface area (Å²) in [4.78, 5) is 30.0. The molecule has 2 aliphatic heterocycles. The van der Waals surface area contributed by atoms with E-state index in [2.05, 4.69) is 6.07 Å². The number of hydrogen-bond donors (Lipinski definition) is 0. The van der Waals surface area contributed by atoms with E-state index in [0.29, 0.717) is 48.9 Å². The summed E-state index contributed by atoms with van der Waals surface area (Å²) in [5, 5.41) is 0. The molecular weight excluding hydrogens is 408 g/mol. The predicted molar refractivity (Wildman–Crippen MR) is 120 cm³/mol. The highest BCUT2D eigenvalue weighted by atomic mass is 16.5. The number of hydrogen-bond acceptors (Lipinski definition) is 6. The molecule has 0 aliphatic carbocycles. The van der Waals surface area contributed by atoms with Gasteiger partial charge in [0.1, 0.15) is 23.8 Å². The number of morpholine rings is 1. The van der Waals surface area contributed by atoms with Crippen LogP contribution in [-0.2, 0) is 14.3 Å². The first-order chi connectivity index (χ1) is 15.5. The van der Waals surface area contributed by atoms with Gasteiger partial charge in [0.25, 0.3) is 11.8 Å². The van der Waals surface area contributed by atoms with Gasteiger partial charge in [0, 0.05) is 13.1 Å². The highest BCUT2D eigenvalue weighted by Gasteiger charge is 2.41. The van der Waals surface area contributed by atoms with E-state index in [4.69, 9.17) is 14.2 Å². The molecule has 168 valence electrons. The fourth-order valence-electron chi connectivity index (χ4n) is 4.14. The minimum atomic E-state index is -0.300. The highest BCUT2D eigenvalue weighted by molar-refractivity contribution is 6.35. The molecule has 4 rings (SSSR count). The van der Waals surface area contributed by atoms with Gasteiger partial charge in [0.2, 0.25) is 0 Å². The molecule has 1 fully saturated rings. The van der Waals surface area contributed by atoms with E-state index in [-0.39, 0.29) is 25.0 Å². The lowest BCUT2D eigenvalue weighted by molar-refractivity contribution is -0.138. The van der Waals surface area contributed by atoms with Crippen molar-refractivity contribution in [2.24, 2.45) is 0 Å². The van der Waals surface area contributed by atoms with Crippen molar-refractivity contribution in [2.75, 3.05) is 46.6 Å². The number of aryl methyl sites for hydroxylation is 2. The van der Waals surface area contributed by atoms with Crippen LogP contribution in [0.5, 0.6) is 11.5 Å². The van der Waals surface area contributed by atoms with Crippen LogP contribution in [0, 0.1) is 13.8 Å². The zero-order chi connectivity index (χ0) is 22.7. The average Bonchev–Trinajstić information content (AvgIpc) is 3.04. The fraction of sp³-hybridized carbons (Fsp3) is 0.360. The number of nitrogens with zero attached hydrogens (tertiary/aromatic N) is 2. The molecule has 0 bridgehead atoms. The molecule has 2 aliphatic rings. The van der Waals surface area contributed by atoms with Crippen LogP contribution in [0.1, 0.15) is 16.7 Å². The Hall–Kier alpha value is -3.32. The number of benzene rings is 2. The number of carbonyl (C=O) groups excluding carboxylic acids is 2. The van der Waals surface area contributed by atoms with Gasteiger partial charge >= 0.3 is 0 Å². The summed E-state index contributed by atoms with van der Waals surface area (Å²) in [7, 11) is 1.59. The van der Waals surface area contributed by atoms with Gasteiger partial charge in [-0.25, -0.2) is 0 Å². The Morgan fingerprint density at radius 1 is 0.906 bits per heavy atom. The Kier molecular flexibility index (Phi) is 6.46. The SMILES string of the molecule is COc1ccc(C2=C(N3CCOCC3)C(=O)N(CCOc3cc(C)cc(C)c3)C2=O)cc1. The third kappa shape index (κ3) is 4.48. The van der Waals surface area contributed by atoms with Crippen molar-refractivity contribution in [2.45, 2.75) is 13.8 Å². The molecule has 2 aromatic rings. The van der Waals surface area contributed by atoms with Crippen LogP contribution in [0.25, 0.3) is 5.57 Å². The molecule has 0 aromatic heterocycles. The molecule has 0 saturated carbocycles. The molecule has 2 amide bonds. The Balaban J connectivity index is 1.56. The van der Waals surface area contributed by atoms with Gasteiger partial charge in [-0.05, 0) is 54.8 Å². The molecule has 7 nitrogen and oxygen atoms in total. The van der Waals surface area contributed by atoms with Gasteiger partial charge in [-0.3, -0.25) is 14.5 Å². The number of amides is 2. The monoisotopic (exact) mass is 436 g/mol. The van der Waals surface area contributed by atoms with E-state index in [1.807, 2.05) is 43.0 Å². The molecule has 1 saturated heterocycles. The Labute approximate surface area is 188 Å². The summed E-state index contributed by atoms with van der Waals surface area (Å²) in [6.07, 6.45) is 0. The molecule has 0 radical (unpaired) electrons. The van der Waals surface area contributed by atoms with E-state index in [1.165, 1.54) is 4.90 Å². The quantitative estimate of drug-likeness (QED) is 0.622. The van der Waals surface area contributed by atoms with Crippen molar-refractivity contribution >= 4 is 17.4 Å². The molecule has 0 spiro atoms. The predicted octanol–water partition coefficient (Wildman–Crippen LogP) is 2.80. The van der Waals surface area contributed by atoms with Crippen LogP contribution in [-0.4, -0.2) is 68.2 Å². The standard InChI is InChI=1S/C25H28N2O5/c1-17-14-18(2)16-21(15-17)32-13-10-27-24(28)22(19-4-6-20(30-3)7-5-19)23(25(27)29)26-8-11-31-12-9-26/h4-7,14-16H,8-13H2,1-3H3. The van der Waals surface area contributed by atoms with Gasteiger partial charge in [-0.1, -0.05) is 18.2 Å². The van der Waals surface area contributed by atoms with Crippen molar-refractivity contribution in [3.05, 3.63) is 64.9 Å². The number of methoxy groups -OCH3 is 1. The Morgan fingerprint density at radius 3 is 2.19 bits per heavy atom. The first kappa shape index (κ1) is 21.9. The van der Waals surface area contributed by atoms with Gasteiger partial charge in [-0.2, -0.15) is 0 Å². The Morgan fingerprint density at radius 2 is 1.56 bits per heavy atom. The molecule has 7 heteroatoms. The second-order valence-corrected chi connectivity index (χ2v) is 7.99. The van der Waals surface area contributed by atoms with Crippen molar-refractivity contribution in [1.29, 1.82) is 0 Å². The second kappa shape index (κ2) is 9.44. The Bertz CT molecular complexity index is 1020. The number of imide groups is 1. The highest BCUT2D eigenvalue weighted by Crippen LogP contribution is 2.32. The molecule has 2 heterocycles. The van der Waals surface area contributed by atoms with Crippen LogP contribution in [0.3, 0.4) is 0 Å². The zero-order valence-corrected chi connectivity index (χ0v) is 18.7. The van der Waals surface area contributed by atoms with Crippen LogP contribution >= 0.6 is 0 Å². The molecule has 0 unspecified atom stereocenters. The second-order valence-electron chi connectivity index (χ2n) is 7.99. The lowest BCUT2D eigenvalue weighted by Crippen LogP contribution is -2.41. The molecule has 0 N–H and O–H groups in total. The zero-order valence-electron chi connectivity index (χ0n) is 18.7. The van der Waals surface area contributed by atoms with E-state index in [0.717, 1.165) is 16.9 Å². The summed E-state index contributed by atoms with van der Waals surface area (Å²) in [5.74, 6) is 0.841. The van der Waals surface area contributed by atoms with Crippen LogP contribution < -0.4 is 9.47 Å². The summed E-state index contributed by atoms with van der Waals surface area (Å²) < 4.78 is 16.5. The maximum atomic E-state index is 13.4.